The van der Waals surface area contributed by atoms with E-state index in [4.69, 9.17) is 20.8 Å². The number of benzene rings is 2. The number of nitrogens with zero attached hydrogens (tertiary/aromatic N) is 1. The molecule has 0 unspecified atom stereocenters. The average Bonchev–Trinajstić information content (AvgIpc) is 3.36. The van der Waals surface area contributed by atoms with E-state index in [2.05, 4.69) is 0 Å². The molecular weight excluding hydrogens is 406 g/mol. The Hall–Kier alpha value is -3.51. The van der Waals surface area contributed by atoms with Crippen LogP contribution in [0.2, 0.25) is 5.02 Å². The SMILES string of the molecule is COc1cccc([C@H]2/C(=C(\O)c3ccc(Cl)cc3)C(=O)C(=O)N2Cc2ccco2)c1. The number of aliphatic hydroxyl groups excluding tert-OH is 1. The summed E-state index contributed by atoms with van der Waals surface area (Å²) in [4.78, 5) is 27.3. The Morgan fingerprint density at radius 1 is 1.13 bits per heavy atom. The molecule has 0 aliphatic carbocycles. The smallest absolute Gasteiger partial charge is 0.296 e. The molecule has 0 radical (unpaired) electrons. The van der Waals surface area contributed by atoms with E-state index in [-0.39, 0.29) is 17.9 Å². The highest BCUT2D eigenvalue weighted by Gasteiger charge is 2.46. The number of aliphatic hydroxyl groups is 1. The Morgan fingerprint density at radius 3 is 2.57 bits per heavy atom. The van der Waals surface area contributed by atoms with Crippen LogP contribution in [-0.2, 0) is 16.1 Å². The third-order valence-electron chi connectivity index (χ3n) is 4.97. The Labute approximate surface area is 177 Å². The van der Waals surface area contributed by atoms with E-state index in [1.54, 1.807) is 60.7 Å². The van der Waals surface area contributed by atoms with E-state index in [1.165, 1.54) is 18.3 Å². The van der Waals surface area contributed by atoms with Gasteiger partial charge >= 0.3 is 0 Å². The molecule has 1 amide bonds. The number of halogens is 1. The first-order chi connectivity index (χ1) is 14.5. The molecule has 1 fully saturated rings. The first-order valence-corrected chi connectivity index (χ1v) is 9.58. The van der Waals surface area contributed by atoms with E-state index < -0.39 is 17.7 Å². The van der Waals surface area contributed by atoms with Gasteiger partial charge in [0.1, 0.15) is 17.3 Å². The van der Waals surface area contributed by atoms with Crippen LogP contribution in [-0.4, -0.2) is 28.8 Å². The number of furan rings is 1. The second-order valence-electron chi connectivity index (χ2n) is 6.79. The Kier molecular flexibility index (Phi) is 5.33. The summed E-state index contributed by atoms with van der Waals surface area (Å²) in [6, 6.07) is 16.1. The van der Waals surface area contributed by atoms with Gasteiger partial charge in [0.05, 0.1) is 31.5 Å². The van der Waals surface area contributed by atoms with Crippen molar-refractivity contribution in [2.75, 3.05) is 7.11 Å². The molecule has 0 spiro atoms. The van der Waals surface area contributed by atoms with E-state index >= 15 is 0 Å². The second kappa shape index (κ2) is 8.08. The number of carbonyl (C=O) groups excluding carboxylic acids is 2. The van der Waals surface area contributed by atoms with Crippen molar-refractivity contribution in [3.63, 3.8) is 0 Å². The molecule has 1 N–H and O–H groups in total. The van der Waals surface area contributed by atoms with Crippen LogP contribution in [0.3, 0.4) is 0 Å². The normalized spacial score (nSPS) is 18.1. The number of methoxy groups -OCH3 is 1. The Morgan fingerprint density at radius 2 is 1.90 bits per heavy atom. The molecule has 0 bridgehead atoms. The van der Waals surface area contributed by atoms with Crippen molar-refractivity contribution < 1.29 is 23.8 Å². The van der Waals surface area contributed by atoms with Gasteiger partial charge in [0, 0.05) is 10.6 Å². The number of hydrogen-bond acceptors (Lipinski definition) is 5. The van der Waals surface area contributed by atoms with Crippen molar-refractivity contribution in [3.8, 4) is 5.75 Å². The minimum Gasteiger partial charge on any atom is -0.507 e. The van der Waals surface area contributed by atoms with Gasteiger partial charge in [-0.1, -0.05) is 23.7 Å². The summed E-state index contributed by atoms with van der Waals surface area (Å²) in [6.45, 7) is 0.0802. The van der Waals surface area contributed by atoms with Crippen LogP contribution in [0, 0.1) is 0 Å². The first kappa shape index (κ1) is 19.8. The Bertz CT molecular complexity index is 1120. The van der Waals surface area contributed by atoms with Crippen LogP contribution in [0.15, 0.2) is 76.9 Å². The molecule has 7 heteroatoms. The number of amides is 1. The predicted molar refractivity (Wildman–Crippen MR) is 111 cm³/mol. The lowest BCUT2D eigenvalue weighted by Gasteiger charge is -2.24. The van der Waals surface area contributed by atoms with Gasteiger partial charge in [-0.2, -0.15) is 0 Å². The van der Waals surface area contributed by atoms with E-state index in [0.717, 1.165) is 0 Å². The molecular formula is C23H18ClNO5. The molecule has 1 atom stereocenters. The summed E-state index contributed by atoms with van der Waals surface area (Å²) in [7, 11) is 1.53. The Balaban J connectivity index is 1.87. The number of ether oxygens (including phenoxy) is 1. The van der Waals surface area contributed by atoms with Crippen molar-refractivity contribution in [2.24, 2.45) is 0 Å². The molecule has 1 aromatic heterocycles. The van der Waals surface area contributed by atoms with Crippen molar-refractivity contribution in [1.82, 2.24) is 4.90 Å². The van der Waals surface area contributed by atoms with Crippen LogP contribution in [0.1, 0.15) is 22.9 Å². The summed E-state index contributed by atoms with van der Waals surface area (Å²) in [6.07, 6.45) is 1.50. The summed E-state index contributed by atoms with van der Waals surface area (Å²) < 4.78 is 10.7. The molecule has 6 nitrogen and oxygen atoms in total. The molecule has 30 heavy (non-hydrogen) atoms. The van der Waals surface area contributed by atoms with Gasteiger partial charge in [-0.25, -0.2) is 0 Å². The lowest BCUT2D eigenvalue weighted by atomic mass is 9.95. The van der Waals surface area contributed by atoms with Crippen molar-refractivity contribution in [2.45, 2.75) is 12.6 Å². The minimum absolute atomic E-state index is 0.00197. The van der Waals surface area contributed by atoms with Crippen molar-refractivity contribution in [1.29, 1.82) is 0 Å². The quantitative estimate of drug-likeness (QED) is 0.369. The van der Waals surface area contributed by atoms with E-state index in [9.17, 15) is 14.7 Å². The summed E-state index contributed by atoms with van der Waals surface area (Å²) in [5.74, 6) is -0.643. The molecule has 1 aliphatic heterocycles. The number of Topliss-reactive ketones (excluding diaryl/α,β-unsaturated/α-hetero) is 1. The average molecular weight is 424 g/mol. The zero-order valence-corrected chi connectivity index (χ0v) is 16.8. The molecule has 1 saturated heterocycles. The zero-order valence-electron chi connectivity index (χ0n) is 16.0. The van der Waals surface area contributed by atoms with Crippen LogP contribution in [0.25, 0.3) is 5.76 Å². The predicted octanol–water partition coefficient (Wildman–Crippen LogP) is 4.56. The largest absolute Gasteiger partial charge is 0.507 e. The van der Waals surface area contributed by atoms with Gasteiger partial charge in [-0.05, 0) is 54.1 Å². The zero-order chi connectivity index (χ0) is 21.3. The van der Waals surface area contributed by atoms with Gasteiger partial charge in [0.15, 0.2) is 0 Å². The van der Waals surface area contributed by atoms with Gasteiger partial charge in [-0.15, -0.1) is 0 Å². The van der Waals surface area contributed by atoms with Crippen LogP contribution in [0.4, 0.5) is 0 Å². The van der Waals surface area contributed by atoms with Crippen LogP contribution >= 0.6 is 11.6 Å². The highest BCUT2D eigenvalue weighted by atomic mass is 35.5. The van der Waals surface area contributed by atoms with Crippen molar-refractivity contribution >= 4 is 29.1 Å². The maximum atomic E-state index is 13.0. The van der Waals surface area contributed by atoms with Gasteiger partial charge in [0.25, 0.3) is 11.7 Å². The molecule has 4 rings (SSSR count). The summed E-state index contributed by atoms with van der Waals surface area (Å²) in [5, 5.41) is 11.5. The lowest BCUT2D eigenvalue weighted by Crippen LogP contribution is -2.29. The van der Waals surface area contributed by atoms with E-state index in [0.29, 0.717) is 27.7 Å². The molecule has 2 heterocycles. The standard InChI is InChI=1S/C23H18ClNO5/c1-29-17-5-2-4-15(12-17)20-19(21(26)14-7-9-16(24)10-8-14)22(27)23(28)25(20)13-18-6-3-11-30-18/h2-12,20,26H,13H2,1H3/b21-19+/t20-/m0/s1. The number of carbonyl (C=O) groups is 2. The highest BCUT2D eigenvalue weighted by Crippen LogP contribution is 2.41. The minimum atomic E-state index is -0.805. The monoisotopic (exact) mass is 423 g/mol. The molecule has 152 valence electrons. The molecule has 2 aromatic carbocycles. The maximum absolute atomic E-state index is 13.0. The molecule has 1 aliphatic rings. The number of hydrogen-bond donors (Lipinski definition) is 1. The lowest BCUT2D eigenvalue weighted by molar-refractivity contribution is -0.140. The van der Waals surface area contributed by atoms with Crippen molar-refractivity contribution in [3.05, 3.63) is 94.4 Å². The summed E-state index contributed by atoms with van der Waals surface area (Å²) >= 11 is 5.94. The third-order valence-corrected chi connectivity index (χ3v) is 5.23. The summed E-state index contributed by atoms with van der Waals surface area (Å²) in [5.41, 5.74) is 1.03. The van der Waals surface area contributed by atoms with Gasteiger partial charge < -0.3 is 19.2 Å². The van der Waals surface area contributed by atoms with E-state index in [1.807, 2.05) is 0 Å². The number of ketones is 1. The maximum Gasteiger partial charge on any atom is 0.296 e. The topological polar surface area (TPSA) is 80.0 Å². The fourth-order valence-electron chi connectivity index (χ4n) is 3.53. The van der Waals surface area contributed by atoms with Gasteiger partial charge in [0.2, 0.25) is 0 Å². The van der Waals surface area contributed by atoms with Crippen LogP contribution < -0.4 is 4.74 Å². The number of rotatable bonds is 5. The third kappa shape index (κ3) is 3.57. The van der Waals surface area contributed by atoms with Gasteiger partial charge in [-0.3, -0.25) is 9.59 Å². The fourth-order valence-corrected chi connectivity index (χ4v) is 3.66. The second-order valence-corrected chi connectivity index (χ2v) is 7.23. The molecule has 0 saturated carbocycles. The van der Waals surface area contributed by atoms with Crippen LogP contribution in [0.5, 0.6) is 5.75 Å². The molecule has 3 aromatic rings. The number of likely N-dealkylation sites (tertiary alicyclic amines) is 1. The first-order valence-electron chi connectivity index (χ1n) is 9.20. The highest BCUT2D eigenvalue weighted by molar-refractivity contribution is 6.46. The fraction of sp³-hybridized carbons (Fsp3) is 0.130.